The van der Waals surface area contributed by atoms with Crippen molar-refractivity contribution in [3.05, 3.63) is 48.0 Å². The first kappa shape index (κ1) is 12.1. The Hall–Kier alpha value is -1.39. The van der Waals surface area contributed by atoms with Crippen LogP contribution in [-0.4, -0.2) is 26.0 Å². The predicted molar refractivity (Wildman–Crippen MR) is 70.3 cm³/mol. The maximum absolute atomic E-state index is 11.3. The zero-order chi connectivity index (χ0) is 12.5. The summed E-state index contributed by atoms with van der Waals surface area (Å²) in [5.41, 5.74) is 0.997. The third-order valence-electron chi connectivity index (χ3n) is 2.79. The highest BCUT2D eigenvalue weighted by atomic mass is 32.2. The molecule has 0 atom stereocenters. The summed E-state index contributed by atoms with van der Waals surface area (Å²) < 4.78 is 24.0. The Labute approximate surface area is 102 Å². The molecule has 0 aromatic heterocycles. The Kier molecular flexibility index (Phi) is 3.17. The quantitative estimate of drug-likeness (QED) is 0.836. The van der Waals surface area contributed by atoms with E-state index >= 15 is 0 Å². The van der Waals surface area contributed by atoms with E-state index in [1.807, 2.05) is 42.5 Å². The van der Waals surface area contributed by atoms with Crippen molar-refractivity contribution in [3.8, 4) is 0 Å². The number of nitrogens with zero attached hydrogens (tertiary/aromatic N) is 1. The first-order chi connectivity index (χ1) is 7.97. The average molecular weight is 249 g/mol. The fraction of sp³-hybridized carbons (Fsp3) is 0.231. The highest BCUT2D eigenvalue weighted by Gasteiger charge is 2.11. The summed E-state index contributed by atoms with van der Waals surface area (Å²) in [6, 6.07) is 14.0. The van der Waals surface area contributed by atoms with Gasteiger partial charge in [0.2, 0.25) is 10.0 Å². The minimum atomic E-state index is -3.12. The Balaban J connectivity index is 2.31. The molecule has 0 aliphatic carbocycles. The van der Waals surface area contributed by atoms with Gasteiger partial charge in [-0.15, -0.1) is 0 Å². The van der Waals surface area contributed by atoms with Gasteiger partial charge in [-0.1, -0.05) is 36.4 Å². The van der Waals surface area contributed by atoms with E-state index in [1.165, 1.54) is 15.9 Å². The lowest BCUT2D eigenvalue weighted by atomic mass is 10.1. The van der Waals surface area contributed by atoms with Crippen LogP contribution in [0.1, 0.15) is 5.56 Å². The molecule has 2 rings (SSSR count). The fourth-order valence-electron chi connectivity index (χ4n) is 1.71. The van der Waals surface area contributed by atoms with E-state index < -0.39 is 10.0 Å². The molecule has 2 aromatic rings. The molecule has 0 aliphatic rings. The van der Waals surface area contributed by atoms with Crippen LogP contribution in [0.5, 0.6) is 0 Å². The number of benzene rings is 2. The molecule has 0 heterocycles. The molecule has 0 unspecified atom stereocenters. The monoisotopic (exact) mass is 249 g/mol. The van der Waals surface area contributed by atoms with Gasteiger partial charge in [-0.25, -0.2) is 12.7 Å². The summed E-state index contributed by atoms with van der Waals surface area (Å²) in [4.78, 5) is 0. The van der Waals surface area contributed by atoms with Crippen molar-refractivity contribution < 1.29 is 8.42 Å². The predicted octanol–water partition coefficient (Wildman–Crippen LogP) is 2.23. The van der Waals surface area contributed by atoms with Crippen molar-refractivity contribution in [2.24, 2.45) is 0 Å². The van der Waals surface area contributed by atoms with Gasteiger partial charge < -0.3 is 0 Å². The minimum absolute atomic E-state index is 0.406. The molecule has 0 saturated carbocycles. The van der Waals surface area contributed by atoms with E-state index in [1.54, 1.807) is 7.05 Å². The van der Waals surface area contributed by atoms with Gasteiger partial charge in [-0.05, 0) is 22.4 Å². The summed E-state index contributed by atoms with van der Waals surface area (Å²) in [5, 5.41) is 2.30. The number of fused-ring (bicyclic) bond motifs is 1. The molecule has 4 heteroatoms. The number of hydrogen-bond donors (Lipinski definition) is 0. The summed E-state index contributed by atoms with van der Waals surface area (Å²) >= 11 is 0. The molecule has 0 spiro atoms. The van der Waals surface area contributed by atoms with Crippen LogP contribution in [0.4, 0.5) is 0 Å². The van der Waals surface area contributed by atoms with Crippen LogP contribution in [0.3, 0.4) is 0 Å². The van der Waals surface area contributed by atoms with Gasteiger partial charge in [0.05, 0.1) is 6.26 Å². The number of hydrogen-bond acceptors (Lipinski definition) is 2. The fourth-order valence-corrected chi connectivity index (χ4v) is 2.10. The first-order valence-corrected chi connectivity index (χ1v) is 7.20. The van der Waals surface area contributed by atoms with Crippen LogP contribution in [0.25, 0.3) is 10.8 Å². The Bertz CT molecular complexity index is 635. The molecular formula is C13H15NO2S. The molecule has 0 amide bonds. The maximum Gasteiger partial charge on any atom is 0.211 e. The van der Waals surface area contributed by atoms with Crippen molar-refractivity contribution in [1.29, 1.82) is 0 Å². The average Bonchev–Trinajstić information content (AvgIpc) is 2.27. The third-order valence-corrected chi connectivity index (χ3v) is 4.05. The molecule has 3 nitrogen and oxygen atoms in total. The smallest absolute Gasteiger partial charge is 0.211 e. The van der Waals surface area contributed by atoms with E-state index in [-0.39, 0.29) is 0 Å². The van der Waals surface area contributed by atoms with Gasteiger partial charge in [-0.3, -0.25) is 0 Å². The molecule has 0 aliphatic heterocycles. The second kappa shape index (κ2) is 4.47. The van der Waals surface area contributed by atoms with E-state index in [9.17, 15) is 8.42 Å². The van der Waals surface area contributed by atoms with Crippen LogP contribution in [0.15, 0.2) is 42.5 Å². The lowest BCUT2D eigenvalue weighted by Gasteiger charge is -2.14. The molecule has 0 fully saturated rings. The zero-order valence-electron chi connectivity index (χ0n) is 9.92. The van der Waals surface area contributed by atoms with Crippen molar-refractivity contribution in [1.82, 2.24) is 4.31 Å². The lowest BCUT2D eigenvalue weighted by Crippen LogP contribution is -2.24. The van der Waals surface area contributed by atoms with Gasteiger partial charge in [-0.2, -0.15) is 0 Å². The normalized spacial score (nSPS) is 12.2. The maximum atomic E-state index is 11.3. The van der Waals surface area contributed by atoms with Gasteiger partial charge >= 0.3 is 0 Å². The molecular weight excluding hydrogens is 234 g/mol. The Morgan fingerprint density at radius 3 is 2.35 bits per heavy atom. The van der Waals surface area contributed by atoms with Crippen LogP contribution in [0.2, 0.25) is 0 Å². The van der Waals surface area contributed by atoms with E-state index in [0.717, 1.165) is 10.9 Å². The topological polar surface area (TPSA) is 37.4 Å². The Morgan fingerprint density at radius 2 is 1.71 bits per heavy atom. The number of sulfonamides is 1. The van der Waals surface area contributed by atoms with Gasteiger partial charge in [0.25, 0.3) is 0 Å². The van der Waals surface area contributed by atoms with E-state index in [4.69, 9.17) is 0 Å². The summed E-state index contributed by atoms with van der Waals surface area (Å²) in [7, 11) is -1.53. The molecule has 0 saturated heterocycles. The Morgan fingerprint density at radius 1 is 1.06 bits per heavy atom. The second-order valence-corrected chi connectivity index (χ2v) is 6.29. The highest BCUT2D eigenvalue weighted by molar-refractivity contribution is 7.88. The van der Waals surface area contributed by atoms with Gasteiger partial charge in [0, 0.05) is 13.6 Å². The second-order valence-electron chi connectivity index (χ2n) is 4.20. The molecule has 0 radical (unpaired) electrons. The molecule has 90 valence electrons. The standard InChI is InChI=1S/C13H15NO2S/c1-14(17(2,15)16)10-11-7-8-12-5-3-4-6-13(12)9-11/h3-9H,10H2,1-2H3. The molecule has 17 heavy (non-hydrogen) atoms. The minimum Gasteiger partial charge on any atom is -0.213 e. The van der Waals surface area contributed by atoms with E-state index in [2.05, 4.69) is 0 Å². The van der Waals surface area contributed by atoms with Crippen molar-refractivity contribution >= 4 is 20.8 Å². The van der Waals surface area contributed by atoms with Crippen molar-refractivity contribution in [2.75, 3.05) is 13.3 Å². The van der Waals surface area contributed by atoms with Crippen LogP contribution < -0.4 is 0 Å². The zero-order valence-corrected chi connectivity index (χ0v) is 10.7. The van der Waals surface area contributed by atoms with Crippen molar-refractivity contribution in [2.45, 2.75) is 6.54 Å². The van der Waals surface area contributed by atoms with Gasteiger partial charge in [0.1, 0.15) is 0 Å². The number of rotatable bonds is 3. The summed E-state index contributed by atoms with van der Waals surface area (Å²) in [6.45, 7) is 0.406. The first-order valence-electron chi connectivity index (χ1n) is 5.36. The summed E-state index contributed by atoms with van der Waals surface area (Å²) in [6.07, 6.45) is 1.22. The highest BCUT2D eigenvalue weighted by Crippen LogP contribution is 2.17. The largest absolute Gasteiger partial charge is 0.213 e. The third kappa shape index (κ3) is 2.84. The van der Waals surface area contributed by atoms with Crippen molar-refractivity contribution in [3.63, 3.8) is 0 Å². The van der Waals surface area contributed by atoms with Crippen LogP contribution >= 0.6 is 0 Å². The molecule has 2 aromatic carbocycles. The molecule has 0 N–H and O–H groups in total. The summed E-state index contributed by atoms with van der Waals surface area (Å²) in [5.74, 6) is 0. The van der Waals surface area contributed by atoms with E-state index in [0.29, 0.717) is 6.54 Å². The SMILES string of the molecule is CN(Cc1ccc2ccccc2c1)S(C)(=O)=O. The van der Waals surface area contributed by atoms with Gasteiger partial charge in [0.15, 0.2) is 0 Å². The lowest BCUT2D eigenvalue weighted by molar-refractivity contribution is 0.472. The van der Waals surface area contributed by atoms with Crippen LogP contribution in [-0.2, 0) is 16.6 Å². The molecule has 0 bridgehead atoms. The van der Waals surface area contributed by atoms with Crippen LogP contribution in [0, 0.1) is 0 Å².